The zero-order chi connectivity index (χ0) is 20.2. The van der Waals surface area contributed by atoms with E-state index >= 15 is 0 Å². The van der Waals surface area contributed by atoms with E-state index in [4.69, 9.17) is 4.74 Å². The number of benzene rings is 2. The summed E-state index contributed by atoms with van der Waals surface area (Å²) in [7, 11) is 3.80. The first kappa shape index (κ1) is 19.8. The van der Waals surface area contributed by atoms with E-state index in [9.17, 15) is 4.79 Å². The highest BCUT2D eigenvalue weighted by molar-refractivity contribution is 5.94. The minimum Gasteiger partial charge on any atom is -0.497 e. The maximum Gasteiger partial charge on any atom is 0.251 e. The molecule has 5 nitrogen and oxygen atoms in total. The van der Waals surface area contributed by atoms with Crippen LogP contribution in [0.2, 0.25) is 0 Å². The molecule has 0 aliphatic carbocycles. The van der Waals surface area contributed by atoms with Crippen molar-refractivity contribution in [3.8, 4) is 5.75 Å². The van der Waals surface area contributed by atoms with Crippen molar-refractivity contribution < 1.29 is 9.53 Å². The number of carbonyl (C=O) groups excluding carboxylic acids is 1. The van der Waals surface area contributed by atoms with Gasteiger partial charge in [0.2, 0.25) is 0 Å². The molecule has 1 atom stereocenters. The van der Waals surface area contributed by atoms with Crippen LogP contribution >= 0.6 is 0 Å². The van der Waals surface area contributed by atoms with Crippen molar-refractivity contribution in [2.24, 2.45) is 0 Å². The Hall–Kier alpha value is -2.53. The van der Waals surface area contributed by atoms with Crippen LogP contribution in [0.5, 0.6) is 5.75 Å². The molecule has 4 rings (SSSR count). The number of nitrogens with zero attached hydrogens (tertiary/aromatic N) is 2. The smallest absolute Gasteiger partial charge is 0.251 e. The summed E-state index contributed by atoms with van der Waals surface area (Å²) >= 11 is 0. The number of hydrogen-bond acceptors (Lipinski definition) is 4. The Kier molecular flexibility index (Phi) is 6.05. The molecule has 2 aliphatic heterocycles. The molecule has 5 heteroatoms. The number of rotatable bonds is 6. The summed E-state index contributed by atoms with van der Waals surface area (Å²) in [5.41, 5.74) is 4.76. The van der Waals surface area contributed by atoms with E-state index in [1.165, 1.54) is 36.1 Å². The SMILES string of the molecule is COc1ccc(C(=O)NC[C@H](c2ccc3c(c2)CCCN3C)N2CCCC2)cc1. The molecule has 29 heavy (non-hydrogen) atoms. The summed E-state index contributed by atoms with van der Waals surface area (Å²) in [6.07, 6.45) is 4.81. The molecule has 2 heterocycles. The van der Waals surface area contributed by atoms with Gasteiger partial charge >= 0.3 is 0 Å². The Morgan fingerprint density at radius 3 is 2.55 bits per heavy atom. The van der Waals surface area contributed by atoms with Crippen molar-refractivity contribution in [2.75, 3.05) is 45.2 Å². The van der Waals surface area contributed by atoms with Crippen LogP contribution in [0, 0.1) is 0 Å². The van der Waals surface area contributed by atoms with Gasteiger partial charge in [-0.2, -0.15) is 0 Å². The third-order valence-corrected chi connectivity index (χ3v) is 6.23. The molecule has 154 valence electrons. The van der Waals surface area contributed by atoms with Gasteiger partial charge in [-0.25, -0.2) is 0 Å². The van der Waals surface area contributed by atoms with Crippen LogP contribution in [0.1, 0.15) is 46.8 Å². The Bertz CT molecular complexity index is 844. The molecular formula is C24H31N3O2. The van der Waals surface area contributed by atoms with E-state index in [0.717, 1.165) is 31.8 Å². The number of aryl methyl sites for hydroxylation is 1. The molecule has 1 fully saturated rings. The summed E-state index contributed by atoms with van der Waals surface area (Å²) in [5, 5.41) is 3.17. The molecule has 2 aromatic carbocycles. The predicted octanol–water partition coefficient (Wildman–Crippen LogP) is 3.64. The number of anilines is 1. The molecular weight excluding hydrogens is 362 g/mol. The summed E-state index contributed by atoms with van der Waals surface area (Å²) in [6.45, 7) is 3.94. The fourth-order valence-corrected chi connectivity index (χ4v) is 4.56. The molecule has 1 saturated heterocycles. The molecule has 1 amide bonds. The van der Waals surface area contributed by atoms with Crippen LogP contribution < -0.4 is 15.0 Å². The highest BCUT2D eigenvalue weighted by Crippen LogP contribution is 2.31. The minimum absolute atomic E-state index is 0.0328. The fourth-order valence-electron chi connectivity index (χ4n) is 4.56. The molecule has 1 N–H and O–H groups in total. The zero-order valence-electron chi connectivity index (χ0n) is 17.5. The predicted molar refractivity (Wildman–Crippen MR) is 117 cm³/mol. The topological polar surface area (TPSA) is 44.8 Å². The number of amides is 1. The number of methoxy groups -OCH3 is 1. The lowest BCUT2D eigenvalue weighted by molar-refractivity contribution is 0.0938. The number of hydrogen-bond donors (Lipinski definition) is 1. The van der Waals surface area contributed by atoms with Gasteiger partial charge in [-0.15, -0.1) is 0 Å². The van der Waals surface area contributed by atoms with Gasteiger partial charge in [0.05, 0.1) is 13.2 Å². The van der Waals surface area contributed by atoms with Crippen LogP contribution in [0.15, 0.2) is 42.5 Å². The lowest BCUT2D eigenvalue weighted by Crippen LogP contribution is -2.37. The standard InChI is InChI=1S/C24H31N3O2/c1-26-13-5-6-19-16-20(9-12-22(19)26)23(27-14-3-4-15-27)17-25-24(28)18-7-10-21(29-2)11-8-18/h7-12,16,23H,3-6,13-15,17H2,1-2H3,(H,25,28)/t23-/m1/s1. The van der Waals surface area contributed by atoms with Gasteiger partial charge in [-0.1, -0.05) is 12.1 Å². The second kappa shape index (κ2) is 8.87. The lowest BCUT2D eigenvalue weighted by atomic mass is 9.96. The van der Waals surface area contributed by atoms with Crippen LogP contribution in [0.25, 0.3) is 0 Å². The van der Waals surface area contributed by atoms with E-state index in [0.29, 0.717) is 12.1 Å². The fraction of sp³-hybridized carbons (Fsp3) is 0.458. The quantitative estimate of drug-likeness (QED) is 0.814. The van der Waals surface area contributed by atoms with Gasteiger partial charge in [0.25, 0.3) is 5.91 Å². The van der Waals surface area contributed by atoms with Crippen molar-refractivity contribution in [1.29, 1.82) is 0 Å². The number of fused-ring (bicyclic) bond motifs is 1. The molecule has 0 saturated carbocycles. The highest BCUT2D eigenvalue weighted by Gasteiger charge is 2.25. The second-order valence-corrected chi connectivity index (χ2v) is 8.11. The third kappa shape index (κ3) is 4.40. The van der Waals surface area contributed by atoms with Crippen molar-refractivity contribution in [2.45, 2.75) is 31.7 Å². The molecule has 0 spiro atoms. The summed E-state index contributed by atoms with van der Waals surface area (Å²) in [4.78, 5) is 17.6. The van der Waals surface area contributed by atoms with Crippen LogP contribution in [0.3, 0.4) is 0 Å². The Balaban J connectivity index is 1.51. The summed E-state index contributed by atoms with van der Waals surface area (Å²) < 4.78 is 5.18. The molecule has 0 aromatic heterocycles. The van der Waals surface area contributed by atoms with Gasteiger partial charge in [0, 0.05) is 31.4 Å². The molecule has 0 bridgehead atoms. The summed E-state index contributed by atoms with van der Waals surface area (Å²) in [5.74, 6) is 0.727. The molecule has 0 radical (unpaired) electrons. The van der Waals surface area contributed by atoms with Crippen LogP contribution in [0.4, 0.5) is 5.69 Å². The first-order valence-corrected chi connectivity index (χ1v) is 10.7. The highest BCUT2D eigenvalue weighted by atomic mass is 16.5. The van der Waals surface area contributed by atoms with Gasteiger partial charge in [0.1, 0.15) is 5.75 Å². The zero-order valence-corrected chi connectivity index (χ0v) is 17.5. The Labute approximate surface area is 173 Å². The maximum absolute atomic E-state index is 12.7. The monoisotopic (exact) mass is 393 g/mol. The van der Waals surface area contributed by atoms with Crippen molar-refractivity contribution in [3.05, 3.63) is 59.2 Å². The number of likely N-dealkylation sites (tertiary alicyclic amines) is 1. The van der Waals surface area contributed by atoms with Crippen molar-refractivity contribution in [3.63, 3.8) is 0 Å². The average molecular weight is 394 g/mol. The van der Waals surface area contributed by atoms with E-state index in [1.54, 1.807) is 7.11 Å². The third-order valence-electron chi connectivity index (χ3n) is 6.23. The van der Waals surface area contributed by atoms with E-state index < -0.39 is 0 Å². The number of carbonyl (C=O) groups is 1. The molecule has 0 unspecified atom stereocenters. The minimum atomic E-state index is -0.0328. The molecule has 2 aromatic rings. The first-order valence-electron chi connectivity index (χ1n) is 10.7. The van der Waals surface area contributed by atoms with E-state index in [2.05, 4.69) is 40.4 Å². The Morgan fingerprint density at radius 1 is 1.07 bits per heavy atom. The van der Waals surface area contributed by atoms with Crippen LogP contribution in [-0.4, -0.2) is 51.1 Å². The van der Waals surface area contributed by atoms with Crippen molar-refractivity contribution in [1.82, 2.24) is 10.2 Å². The van der Waals surface area contributed by atoms with Crippen LogP contribution in [-0.2, 0) is 6.42 Å². The van der Waals surface area contributed by atoms with Crippen molar-refractivity contribution >= 4 is 11.6 Å². The summed E-state index contributed by atoms with van der Waals surface area (Å²) in [6, 6.07) is 14.4. The van der Waals surface area contributed by atoms with E-state index in [1.807, 2.05) is 24.3 Å². The maximum atomic E-state index is 12.7. The van der Waals surface area contributed by atoms with Gasteiger partial charge < -0.3 is 15.0 Å². The van der Waals surface area contributed by atoms with E-state index in [-0.39, 0.29) is 11.9 Å². The van der Waals surface area contributed by atoms with Gasteiger partial charge in [-0.3, -0.25) is 9.69 Å². The number of nitrogens with one attached hydrogen (secondary N) is 1. The largest absolute Gasteiger partial charge is 0.497 e. The lowest BCUT2D eigenvalue weighted by Gasteiger charge is -2.32. The number of ether oxygens (including phenoxy) is 1. The Morgan fingerprint density at radius 2 is 1.83 bits per heavy atom. The molecule has 2 aliphatic rings. The second-order valence-electron chi connectivity index (χ2n) is 8.11. The van der Waals surface area contributed by atoms with Gasteiger partial charge in [-0.05, 0) is 80.2 Å². The normalized spacial score (nSPS) is 17.7. The first-order chi connectivity index (χ1) is 14.2. The van der Waals surface area contributed by atoms with Gasteiger partial charge in [0.15, 0.2) is 0 Å². The average Bonchev–Trinajstić information content (AvgIpc) is 3.28.